The van der Waals surface area contributed by atoms with Crippen molar-refractivity contribution in [3.63, 3.8) is 0 Å². The quantitative estimate of drug-likeness (QED) is 0.598. The third-order valence-corrected chi connectivity index (χ3v) is 5.54. The van der Waals surface area contributed by atoms with Crippen molar-refractivity contribution in [2.75, 3.05) is 44.9 Å². The van der Waals surface area contributed by atoms with E-state index in [4.69, 9.17) is 14.7 Å². The zero-order chi connectivity index (χ0) is 23.8. The van der Waals surface area contributed by atoms with Crippen LogP contribution in [0.25, 0.3) is 0 Å². The number of hydrogen-bond acceptors (Lipinski definition) is 5. The van der Waals surface area contributed by atoms with E-state index in [2.05, 4.69) is 0 Å². The van der Waals surface area contributed by atoms with Gasteiger partial charge in [-0.05, 0) is 23.8 Å². The molecular weight excluding hydrogens is 435 g/mol. The number of nitriles is 1. The average Bonchev–Trinajstić information content (AvgIpc) is 2.82. The first kappa shape index (κ1) is 24.6. The number of methoxy groups -OCH3 is 1. The van der Waals surface area contributed by atoms with Gasteiger partial charge in [-0.2, -0.15) is 18.4 Å². The number of carbonyl (C=O) groups is 1. The standard InChI is InChI=1S/C24H26F3N3O3/c1-32-12-9-23(31)30-11-10-29(15-21(30)17-33-16-18-5-3-2-4-6-18)20-8-7-19(14-28)22(13-20)24(25,26)27/h2-8,13,21H,9-12,15-17H2,1H3. The van der Waals surface area contributed by atoms with Crippen molar-refractivity contribution < 1.29 is 27.4 Å². The third-order valence-electron chi connectivity index (χ3n) is 5.54. The van der Waals surface area contributed by atoms with Crippen LogP contribution in [0, 0.1) is 11.3 Å². The average molecular weight is 461 g/mol. The molecule has 3 rings (SSSR count). The second-order valence-corrected chi connectivity index (χ2v) is 7.77. The zero-order valence-electron chi connectivity index (χ0n) is 18.3. The summed E-state index contributed by atoms with van der Waals surface area (Å²) in [6, 6.07) is 14.6. The first-order chi connectivity index (χ1) is 15.8. The molecule has 0 bridgehead atoms. The van der Waals surface area contributed by atoms with E-state index in [9.17, 15) is 18.0 Å². The SMILES string of the molecule is COCCC(=O)N1CCN(c2ccc(C#N)c(C(F)(F)F)c2)CC1COCc1ccccc1. The fourth-order valence-corrected chi connectivity index (χ4v) is 3.84. The second-order valence-electron chi connectivity index (χ2n) is 7.77. The van der Waals surface area contributed by atoms with Crippen molar-refractivity contribution >= 4 is 11.6 Å². The van der Waals surface area contributed by atoms with Crippen LogP contribution in [0.15, 0.2) is 48.5 Å². The third kappa shape index (κ3) is 6.46. The van der Waals surface area contributed by atoms with Gasteiger partial charge in [0.25, 0.3) is 0 Å². The molecule has 0 spiro atoms. The van der Waals surface area contributed by atoms with Gasteiger partial charge in [0, 0.05) is 32.4 Å². The molecule has 0 aliphatic carbocycles. The first-order valence-corrected chi connectivity index (χ1v) is 10.6. The van der Waals surface area contributed by atoms with E-state index in [0.29, 0.717) is 38.5 Å². The number of amides is 1. The fourth-order valence-electron chi connectivity index (χ4n) is 3.84. The van der Waals surface area contributed by atoms with E-state index >= 15 is 0 Å². The highest BCUT2D eigenvalue weighted by Gasteiger charge is 2.35. The van der Waals surface area contributed by atoms with Crippen LogP contribution < -0.4 is 4.90 Å². The van der Waals surface area contributed by atoms with Gasteiger partial charge >= 0.3 is 6.18 Å². The molecule has 0 N–H and O–H groups in total. The number of nitrogens with zero attached hydrogens (tertiary/aromatic N) is 3. The fraction of sp³-hybridized carbons (Fsp3) is 0.417. The van der Waals surface area contributed by atoms with Crippen LogP contribution in [0.5, 0.6) is 0 Å². The normalized spacial score (nSPS) is 16.5. The predicted molar refractivity (Wildman–Crippen MR) is 116 cm³/mol. The zero-order valence-corrected chi connectivity index (χ0v) is 18.3. The molecule has 1 amide bonds. The Labute approximate surface area is 191 Å². The van der Waals surface area contributed by atoms with Gasteiger partial charge in [-0.15, -0.1) is 0 Å². The monoisotopic (exact) mass is 461 g/mol. The highest BCUT2D eigenvalue weighted by atomic mass is 19.4. The van der Waals surface area contributed by atoms with Crippen molar-refractivity contribution in [3.8, 4) is 6.07 Å². The molecule has 0 radical (unpaired) electrons. The lowest BCUT2D eigenvalue weighted by atomic mass is 10.0. The minimum atomic E-state index is -4.63. The van der Waals surface area contributed by atoms with E-state index in [-0.39, 0.29) is 25.0 Å². The number of benzene rings is 2. The number of alkyl halides is 3. The summed E-state index contributed by atoms with van der Waals surface area (Å²) in [4.78, 5) is 16.2. The van der Waals surface area contributed by atoms with E-state index in [1.165, 1.54) is 19.2 Å². The summed E-state index contributed by atoms with van der Waals surface area (Å²) in [5.41, 5.74) is -0.0249. The molecule has 33 heavy (non-hydrogen) atoms. The maximum Gasteiger partial charge on any atom is 0.417 e. The Balaban J connectivity index is 1.76. The molecule has 2 aromatic carbocycles. The van der Waals surface area contributed by atoms with Gasteiger partial charge in [-0.25, -0.2) is 0 Å². The van der Waals surface area contributed by atoms with Gasteiger partial charge in [0.05, 0.1) is 49.5 Å². The number of piperazine rings is 1. The van der Waals surface area contributed by atoms with Crippen molar-refractivity contribution in [1.29, 1.82) is 5.26 Å². The van der Waals surface area contributed by atoms with Crippen LogP contribution >= 0.6 is 0 Å². The molecule has 1 aliphatic heterocycles. The van der Waals surface area contributed by atoms with Crippen LogP contribution in [0.3, 0.4) is 0 Å². The van der Waals surface area contributed by atoms with Crippen LogP contribution in [0.4, 0.5) is 18.9 Å². The van der Waals surface area contributed by atoms with E-state index in [1.807, 2.05) is 30.3 Å². The Morgan fingerprint density at radius 2 is 1.94 bits per heavy atom. The molecule has 2 aromatic rings. The van der Waals surface area contributed by atoms with E-state index in [1.54, 1.807) is 15.9 Å². The summed E-state index contributed by atoms with van der Waals surface area (Å²) in [5, 5.41) is 9.05. The van der Waals surface area contributed by atoms with E-state index in [0.717, 1.165) is 11.6 Å². The summed E-state index contributed by atoms with van der Waals surface area (Å²) in [6.45, 7) is 1.94. The highest BCUT2D eigenvalue weighted by Crippen LogP contribution is 2.35. The largest absolute Gasteiger partial charge is 0.417 e. The molecule has 9 heteroatoms. The number of rotatable bonds is 8. The molecule has 1 saturated heterocycles. The van der Waals surface area contributed by atoms with Crippen LogP contribution in [-0.4, -0.2) is 56.8 Å². The lowest BCUT2D eigenvalue weighted by Crippen LogP contribution is -2.57. The van der Waals surface area contributed by atoms with Crippen LogP contribution in [0.1, 0.15) is 23.1 Å². The van der Waals surface area contributed by atoms with Crippen LogP contribution in [0.2, 0.25) is 0 Å². The Morgan fingerprint density at radius 3 is 2.61 bits per heavy atom. The van der Waals surface area contributed by atoms with Gasteiger partial charge < -0.3 is 19.3 Å². The lowest BCUT2D eigenvalue weighted by Gasteiger charge is -2.42. The minimum absolute atomic E-state index is 0.0828. The minimum Gasteiger partial charge on any atom is -0.384 e. The van der Waals surface area contributed by atoms with Gasteiger partial charge in [-0.3, -0.25) is 4.79 Å². The second kappa shape index (κ2) is 11.2. The predicted octanol–water partition coefficient (Wildman–Crippen LogP) is 3.85. The van der Waals surface area contributed by atoms with Gasteiger partial charge in [0.2, 0.25) is 5.91 Å². The maximum atomic E-state index is 13.4. The summed E-state index contributed by atoms with van der Waals surface area (Å²) >= 11 is 0. The Hall–Kier alpha value is -3.09. The Kier molecular flexibility index (Phi) is 8.31. The van der Waals surface area contributed by atoms with Crippen molar-refractivity contribution in [2.24, 2.45) is 0 Å². The maximum absolute atomic E-state index is 13.4. The molecule has 0 aromatic heterocycles. The van der Waals surface area contributed by atoms with E-state index < -0.39 is 17.3 Å². The van der Waals surface area contributed by atoms with Crippen molar-refractivity contribution in [2.45, 2.75) is 25.2 Å². The number of ether oxygens (including phenoxy) is 2. The van der Waals surface area contributed by atoms with Gasteiger partial charge in [0.15, 0.2) is 0 Å². The van der Waals surface area contributed by atoms with Crippen molar-refractivity contribution in [3.05, 3.63) is 65.2 Å². The molecule has 1 aliphatic rings. The smallest absolute Gasteiger partial charge is 0.384 e. The van der Waals surface area contributed by atoms with Gasteiger partial charge in [-0.1, -0.05) is 30.3 Å². The van der Waals surface area contributed by atoms with Crippen molar-refractivity contribution in [1.82, 2.24) is 4.90 Å². The molecule has 1 atom stereocenters. The van der Waals surface area contributed by atoms with Crippen LogP contribution in [-0.2, 0) is 27.1 Å². The topological polar surface area (TPSA) is 65.8 Å². The Morgan fingerprint density at radius 1 is 1.18 bits per heavy atom. The van der Waals surface area contributed by atoms with Gasteiger partial charge in [0.1, 0.15) is 0 Å². The number of halogens is 3. The molecule has 1 unspecified atom stereocenters. The molecule has 1 fully saturated rings. The number of anilines is 1. The number of hydrogen-bond donors (Lipinski definition) is 0. The first-order valence-electron chi connectivity index (χ1n) is 10.6. The molecular formula is C24H26F3N3O3. The lowest BCUT2D eigenvalue weighted by molar-refractivity contribution is -0.138. The Bertz CT molecular complexity index is 976. The molecule has 176 valence electrons. The summed E-state index contributed by atoms with van der Waals surface area (Å²) in [6.07, 6.45) is -4.40. The summed E-state index contributed by atoms with van der Waals surface area (Å²) in [5.74, 6) is -0.0828. The molecule has 6 nitrogen and oxygen atoms in total. The summed E-state index contributed by atoms with van der Waals surface area (Å²) in [7, 11) is 1.52. The summed E-state index contributed by atoms with van der Waals surface area (Å²) < 4.78 is 51.1. The molecule has 1 heterocycles. The molecule has 0 saturated carbocycles. The number of carbonyl (C=O) groups excluding carboxylic acids is 1. The highest BCUT2D eigenvalue weighted by molar-refractivity contribution is 5.77.